The van der Waals surface area contributed by atoms with Gasteiger partial charge in [0.15, 0.2) is 0 Å². The summed E-state index contributed by atoms with van der Waals surface area (Å²) in [5.41, 5.74) is 1.35. The monoisotopic (exact) mass is 223 g/mol. The average Bonchev–Trinajstić information content (AvgIpc) is 2.75. The Balaban J connectivity index is 2.05. The second kappa shape index (κ2) is 4.61. The van der Waals surface area contributed by atoms with Crippen molar-refractivity contribution in [3.63, 3.8) is 0 Å². The van der Waals surface area contributed by atoms with Gasteiger partial charge < -0.3 is 10.1 Å². The summed E-state index contributed by atoms with van der Waals surface area (Å²) in [5.74, 6) is -0.445. The minimum atomic E-state index is -0.357. The third-order valence-corrected chi connectivity index (χ3v) is 2.67. The maximum Gasteiger partial charge on any atom is 0.253 e. The number of carbonyl (C=O) groups is 1. The summed E-state index contributed by atoms with van der Waals surface area (Å²) in [5, 5.41) is 2.75. The third-order valence-electron chi connectivity index (χ3n) is 2.67. The zero-order chi connectivity index (χ0) is 11.5. The van der Waals surface area contributed by atoms with E-state index in [2.05, 4.69) is 5.32 Å². The summed E-state index contributed by atoms with van der Waals surface area (Å²) in [4.78, 5) is 11.7. The van der Waals surface area contributed by atoms with Crippen LogP contribution < -0.4 is 5.32 Å². The van der Waals surface area contributed by atoms with Crippen LogP contribution in [0.2, 0.25) is 0 Å². The molecular formula is C12H14FNO2. The molecule has 0 aromatic heterocycles. The molecule has 0 saturated carbocycles. The summed E-state index contributed by atoms with van der Waals surface area (Å²) >= 11 is 0. The van der Waals surface area contributed by atoms with Crippen LogP contribution in [0.5, 0.6) is 0 Å². The lowest BCUT2D eigenvalue weighted by molar-refractivity contribution is -0.124. The molecular weight excluding hydrogens is 209 g/mol. The second-order valence-corrected chi connectivity index (χ2v) is 3.95. The lowest BCUT2D eigenvalue weighted by Gasteiger charge is -2.12. The number of carbonyl (C=O) groups excluding carboxylic acids is 1. The fraction of sp³-hybridized carbons (Fsp3) is 0.417. The molecule has 1 aromatic rings. The number of anilines is 1. The molecule has 1 heterocycles. The molecule has 1 saturated heterocycles. The van der Waals surface area contributed by atoms with Gasteiger partial charge in [0.2, 0.25) is 0 Å². The van der Waals surface area contributed by atoms with Crippen molar-refractivity contribution in [3.8, 4) is 0 Å². The van der Waals surface area contributed by atoms with Crippen LogP contribution in [0.3, 0.4) is 0 Å². The molecule has 1 N–H and O–H groups in total. The molecule has 2 rings (SSSR count). The Labute approximate surface area is 93.6 Å². The van der Waals surface area contributed by atoms with Crippen molar-refractivity contribution in [1.82, 2.24) is 0 Å². The van der Waals surface area contributed by atoms with Gasteiger partial charge in [0, 0.05) is 12.3 Å². The van der Waals surface area contributed by atoms with Crippen LogP contribution in [0.1, 0.15) is 18.4 Å². The highest BCUT2D eigenvalue weighted by atomic mass is 19.1. The van der Waals surface area contributed by atoms with Gasteiger partial charge in [-0.15, -0.1) is 0 Å². The molecule has 0 spiro atoms. The molecule has 0 aliphatic carbocycles. The number of aryl methyl sites for hydroxylation is 1. The number of benzene rings is 1. The molecule has 1 aromatic carbocycles. The fourth-order valence-corrected chi connectivity index (χ4v) is 1.76. The average molecular weight is 223 g/mol. The van der Waals surface area contributed by atoms with E-state index in [1.165, 1.54) is 12.1 Å². The van der Waals surface area contributed by atoms with Crippen LogP contribution in [0.4, 0.5) is 10.1 Å². The van der Waals surface area contributed by atoms with Crippen molar-refractivity contribution in [2.24, 2.45) is 0 Å². The van der Waals surface area contributed by atoms with Crippen LogP contribution in [-0.4, -0.2) is 18.6 Å². The lowest BCUT2D eigenvalue weighted by atomic mass is 10.1. The van der Waals surface area contributed by atoms with Gasteiger partial charge in [-0.3, -0.25) is 4.79 Å². The van der Waals surface area contributed by atoms with Crippen molar-refractivity contribution in [3.05, 3.63) is 29.6 Å². The van der Waals surface area contributed by atoms with Gasteiger partial charge in [0.05, 0.1) is 0 Å². The molecule has 3 nitrogen and oxygen atoms in total. The van der Waals surface area contributed by atoms with Gasteiger partial charge in [-0.1, -0.05) is 0 Å². The van der Waals surface area contributed by atoms with E-state index in [1.54, 1.807) is 13.0 Å². The molecule has 1 fully saturated rings. The van der Waals surface area contributed by atoms with Crippen LogP contribution >= 0.6 is 0 Å². The topological polar surface area (TPSA) is 38.3 Å². The van der Waals surface area contributed by atoms with Crippen molar-refractivity contribution in [2.75, 3.05) is 11.9 Å². The highest BCUT2D eigenvalue weighted by Gasteiger charge is 2.23. The fourth-order valence-electron chi connectivity index (χ4n) is 1.76. The molecule has 86 valence electrons. The standard InChI is InChI=1S/C12H14FNO2/c1-8-7-9(13)4-5-10(8)14-12(15)11-3-2-6-16-11/h4-5,7,11H,2-3,6H2,1H3,(H,14,15)/t11-/m1/s1. The minimum absolute atomic E-state index is 0.146. The second-order valence-electron chi connectivity index (χ2n) is 3.95. The number of halogens is 1. The van der Waals surface area contributed by atoms with E-state index < -0.39 is 0 Å². The smallest absolute Gasteiger partial charge is 0.253 e. The lowest BCUT2D eigenvalue weighted by Crippen LogP contribution is -2.27. The van der Waals surface area contributed by atoms with Gasteiger partial charge in [-0.05, 0) is 43.5 Å². The zero-order valence-electron chi connectivity index (χ0n) is 9.13. The van der Waals surface area contributed by atoms with Crippen molar-refractivity contribution in [2.45, 2.75) is 25.9 Å². The molecule has 0 unspecified atom stereocenters. The van der Waals surface area contributed by atoms with Crippen LogP contribution in [0.25, 0.3) is 0 Å². The molecule has 1 aliphatic rings. The van der Waals surface area contributed by atoms with E-state index in [9.17, 15) is 9.18 Å². The highest BCUT2D eigenvalue weighted by molar-refractivity contribution is 5.94. The van der Waals surface area contributed by atoms with Gasteiger partial charge in [0.1, 0.15) is 11.9 Å². The van der Waals surface area contributed by atoms with E-state index in [0.29, 0.717) is 17.9 Å². The van der Waals surface area contributed by atoms with Crippen LogP contribution in [0.15, 0.2) is 18.2 Å². The van der Waals surface area contributed by atoms with Gasteiger partial charge in [0.25, 0.3) is 5.91 Å². The Morgan fingerprint density at radius 2 is 2.38 bits per heavy atom. The molecule has 1 amide bonds. The predicted octanol–water partition coefficient (Wildman–Crippen LogP) is 2.25. The van der Waals surface area contributed by atoms with Gasteiger partial charge in [-0.2, -0.15) is 0 Å². The SMILES string of the molecule is Cc1cc(F)ccc1NC(=O)[C@H]1CCCO1. The van der Waals surface area contributed by atoms with Gasteiger partial charge >= 0.3 is 0 Å². The largest absolute Gasteiger partial charge is 0.368 e. The molecule has 1 atom stereocenters. The maximum absolute atomic E-state index is 12.8. The summed E-state index contributed by atoms with van der Waals surface area (Å²) in [7, 11) is 0. The number of rotatable bonds is 2. The number of hydrogen-bond acceptors (Lipinski definition) is 2. The first-order chi connectivity index (χ1) is 7.66. The summed E-state index contributed by atoms with van der Waals surface area (Å²) < 4.78 is 18.1. The molecule has 0 radical (unpaired) electrons. The van der Waals surface area contributed by atoms with Gasteiger partial charge in [-0.25, -0.2) is 4.39 Å². The van der Waals surface area contributed by atoms with Crippen molar-refractivity contribution in [1.29, 1.82) is 0 Å². The van der Waals surface area contributed by atoms with E-state index in [1.807, 2.05) is 0 Å². The van der Waals surface area contributed by atoms with Crippen molar-refractivity contribution < 1.29 is 13.9 Å². The first-order valence-electron chi connectivity index (χ1n) is 5.35. The zero-order valence-corrected chi connectivity index (χ0v) is 9.13. The van der Waals surface area contributed by atoms with E-state index in [0.717, 1.165) is 12.8 Å². The minimum Gasteiger partial charge on any atom is -0.368 e. The van der Waals surface area contributed by atoms with E-state index in [-0.39, 0.29) is 17.8 Å². The quantitative estimate of drug-likeness (QED) is 0.835. The normalized spacial score (nSPS) is 19.8. The first kappa shape index (κ1) is 11.1. The number of hydrogen-bond donors (Lipinski definition) is 1. The van der Waals surface area contributed by atoms with Crippen molar-refractivity contribution >= 4 is 11.6 Å². The summed E-state index contributed by atoms with van der Waals surface area (Å²) in [6, 6.07) is 4.29. The molecule has 1 aliphatic heterocycles. The van der Waals surface area contributed by atoms with E-state index >= 15 is 0 Å². The highest BCUT2D eigenvalue weighted by Crippen LogP contribution is 2.18. The Morgan fingerprint density at radius 1 is 1.56 bits per heavy atom. The van der Waals surface area contributed by atoms with E-state index in [4.69, 9.17) is 4.74 Å². The predicted molar refractivity (Wildman–Crippen MR) is 58.7 cm³/mol. The molecule has 4 heteroatoms. The van der Waals surface area contributed by atoms with Crippen LogP contribution in [0, 0.1) is 12.7 Å². The summed E-state index contributed by atoms with van der Waals surface area (Å²) in [6.45, 7) is 2.40. The Hall–Kier alpha value is -1.42. The number of amides is 1. The Kier molecular flexibility index (Phi) is 3.19. The number of ether oxygens (including phenoxy) is 1. The third kappa shape index (κ3) is 2.39. The Morgan fingerprint density at radius 3 is 3.00 bits per heavy atom. The number of nitrogens with one attached hydrogen (secondary N) is 1. The first-order valence-corrected chi connectivity index (χ1v) is 5.35. The van der Waals surface area contributed by atoms with Crippen LogP contribution in [-0.2, 0) is 9.53 Å². The molecule has 16 heavy (non-hydrogen) atoms. The molecule has 0 bridgehead atoms. The summed E-state index contributed by atoms with van der Waals surface area (Å²) in [6.07, 6.45) is 1.32. The maximum atomic E-state index is 12.8. The Bertz CT molecular complexity index is 400.